The maximum atomic E-state index is 10.6. The first-order chi connectivity index (χ1) is 7.99. The van der Waals surface area contributed by atoms with E-state index in [1.165, 1.54) is 18.5 Å². The molecule has 17 heavy (non-hydrogen) atoms. The molecule has 90 valence electrons. The van der Waals surface area contributed by atoms with Crippen molar-refractivity contribution < 1.29 is 0 Å². The van der Waals surface area contributed by atoms with Crippen LogP contribution in [0.2, 0.25) is 0 Å². The maximum Gasteiger partial charge on any atom is 0.325 e. The van der Waals surface area contributed by atoms with Gasteiger partial charge in [0.2, 0.25) is 0 Å². The van der Waals surface area contributed by atoms with Crippen LogP contribution in [0.5, 0.6) is 0 Å². The van der Waals surface area contributed by atoms with E-state index in [0.717, 1.165) is 0 Å². The normalized spacial score (nSPS) is 9.24. The summed E-state index contributed by atoms with van der Waals surface area (Å²) in [5, 5.41) is 0. The average molecular weight is 238 g/mol. The van der Waals surface area contributed by atoms with Crippen LogP contribution in [0, 0.1) is 6.92 Å². The number of H-pyrrole nitrogens is 4. The predicted molar refractivity (Wildman–Crippen MR) is 60.1 cm³/mol. The Balaban J connectivity index is 0.000000171. The summed E-state index contributed by atoms with van der Waals surface area (Å²) in [7, 11) is 0. The maximum absolute atomic E-state index is 10.6. The topological polar surface area (TPSA) is 131 Å². The Bertz CT molecular complexity index is 680. The summed E-state index contributed by atoms with van der Waals surface area (Å²) in [5.41, 5.74) is -1.15. The molecule has 2 aromatic rings. The molecule has 0 bridgehead atoms. The first kappa shape index (κ1) is 12.4. The minimum absolute atomic E-state index is 0.334. The van der Waals surface area contributed by atoms with Crippen molar-refractivity contribution in [3.63, 3.8) is 0 Å². The molecule has 8 heteroatoms. The number of nitrogens with one attached hydrogen (secondary N) is 4. The lowest BCUT2D eigenvalue weighted by Gasteiger charge is -1.84. The Morgan fingerprint density at radius 1 is 0.941 bits per heavy atom. The van der Waals surface area contributed by atoms with E-state index in [4.69, 9.17) is 0 Å². The molecule has 0 aliphatic carbocycles. The summed E-state index contributed by atoms with van der Waals surface area (Å²) in [5.74, 6) is 0. The van der Waals surface area contributed by atoms with Crippen LogP contribution < -0.4 is 22.5 Å². The molecule has 0 aromatic carbocycles. The summed E-state index contributed by atoms with van der Waals surface area (Å²) in [4.78, 5) is 50.0. The van der Waals surface area contributed by atoms with Gasteiger partial charge in [-0.15, -0.1) is 0 Å². The van der Waals surface area contributed by atoms with Crippen LogP contribution in [0.3, 0.4) is 0 Å². The molecule has 8 nitrogen and oxygen atoms in total. The minimum atomic E-state index is -0.475. The zero-order valence-electron chi connectivity index (χ0n) is 8.87. The van der Waals surface area contributed by atoms with Gasteiger partial charge in [0.1, 0.15) is 0 Å². The molecular weight excluding hydrogens is 228 g/mol. The lowest BCUT2D eigenvalue weighted by molar-refractivity contribution is 1.01. The van der Waals surface area contributed by atoms with E-state index < -0.39 is 11.4 Å². The molecule has 0 unspecified atom stereocenters. The van der Waals surface area contributed by atoms with Gasteiger partial charge in [0.15, 0.2) is 0 Å². The van der Waals surface area contributed by atoms with Crippen LogP contribution in [-0.4, -0.2) is 19.9 Å². The second kappa shape index (κ2) is 5.45. The van der Waals surface area contributed by atoms with Gasteiger partial charge in [-0.2, -0.15) is 0 Å². The Morgan fingerprint density at radius 3 is 2.00 bits per heavy atom. The third-order valence-corrected chi connectivity index (χ3v) is 1.69. The van der Waals surface area contributed by atoms with Crippen molar-refractivity contribution in [2.75, 3.05) is 0 Å². The predicted octanol–water partition coefficient (Wildman–Crippen LogP) is -1.57. The summed E-state index contributed by atoms with van der Waals surface area (Å²) in [6.07, 6.45) is 2.67. The van der Waals surface area contributed by atoms with Crippen molar-refractivity contribution in [1.82, 2.24) is 19.9 Å². The quantitative estimate of drug-likeness (QED) is 0.441. The number of aromatic nitrogens is 4. The van der Waals surface area contributed by atoms with Crippen LogP contribution >= 0.6 is 0 Å². The number of aryl methyl sites for hydroxylation is 1. The van der Waals surface area contributed by atoms with Crippen LogP contribution in [-0.2, 0) is 0 Å². The second-order valence-electron chi connectivity index (χ2n) is 3.05. The smallest absolute Gasteiger partial charge is 0.314 e. The summed E-state index contributed by atoms with van der Waals surface area (Å²) in [6, 6.07) is 1.24. The molecule has 2 heterocycles. The minimum Gasteiger partial charge on any atom is -0.314 e. The van der Waals surface area contributed by atoms with E-state index in [-0.39, 0.29) is 11.1 Å². The molecule has 0 spiro atoms. The largest absolute Gasteiger partial charge is 0.325 e. The molecule has 0 saturated carbocycles. The first-order valence-corrected chi connectivity index (χ1v) is 4.55. The van der Waals surface area contributed by atoms with E-state index in [1.807, 2.05) is 4.98 Å². The molecule has 0 aliphatic heterocycles. The monoisotopic (exact) mass is 238 g/mol. The van der Waals surface area contributed by atoms with Gasteiger partial charge < -0.3 is 9.97 Å². The number of aromatic amines is 4. The molecule has 0 radical (unpaired) electrons. The third-order valence-electron chi connectivity index (χ3n) is 1.69. The van der Waals surface area contributed by atoms with E-state index >= 15 is 0 Å². The fourth-order valence-electron chi connectivity index (χ4n) is 0.860. The van der Waals surface area contributed by atoms with Gasteiger partial charge >= 0.3 is 11.4 Å². The Hall–Kier alpha value is -2.64. The molecule has 0 atom stereocenters. The molecule has 2 rings (SSSR count). The van der Waals surface area contributed by atoms with E-state index in [9.17, 15) is 19.2 Å². The molecule has 0 fully saturated rings. The number of hydrogen-bond donors (Lipinski definition) is 4. The van der Waals surface area contributed by atoms with Crippen LogP contribution in [0.1, 0.15) is 5.56 Å². The van der Waals surface area contributed by atoms with Crippen molar-refractivity contribution in [3.8, 4) is 0 Å². The number of hydrogen-bond acceptors (Lipinski definition) is 4. The van der Waals surface area contributed by atoms with Crippen LogP contribution in [0.15, 0.2) is 37.6 Å². The van der Waals surface area contributed by atoms with Gasteiger partial charge in [0, 0.05) is 24.0 Å². The van der Waals surface area contributed by atoms with E-state index in [2.05, 4.69) is 15.0 Å². The Morgan fingerprint density at radius 2 is 1.59 bits per heavy atom. The first-order valence-electron chi connectivity index (χ1n) is 4.55. The van der Waals surface area contributed by atoms with Crippen molar-refractivity contribution >= 4 is 0 Å². The lowest BCUT2D eigenvalue weighted by Crippen LogP contribution is -2.22. The second-order valence-corrected chi connectivity index (χ2v) is 3.05. The molecule has 0 saturated heterocycles. The standard InChI is InChI=1S/C5H6N2O2.C4H4N2O2/c1-3-2-6-5(9)7-4(3)8;7-3-1-2-5-4(8)6-3/h2H,1H3,(H2,6,7,8,9);1-2H,(H2,5,6,7,8). The average Bonchev–Trinajstić information content (AvgIpc) is 2.24. The summed E-state index contributed by atoms with van der Waals surface area (Å²) in [6.45, 7) is 1.62. The molecule has 4 N–H and O–H groups in total. The van der Waals surface area contributed by atoms with E-state index in [0.29, 0.717) is 5.56 Å². The zero-order valence-corrected chi connectivity index (χ0v) is 8.87. The van der Waals surface area contributed by atoms with Crippen molar-refractivity contribution in [2.24, 2.45) is 0 Å². The van der Waals surface area contributed by atoms with Gasteiger partial charge in [-0.25, -0.2) is 9.59 Å². The van der Waals surface area contributed by atoms with Gasteiger partial charge in [0.05, 0.1) is 0 Å². The third kappa shape index (κ3) is 4.16. The highest BCUT2D eigenvalue weighted by molar-refractivity contribution is 4.98. The highest BCUT2D eigenvalue weighted by Crippen LogP contribution is 1.73. The van der Waals surface area contributed by atoms with Crippen molar-refractivity contribution in [2.45, 2.75) is 6.92 Å². The highest BCUT2D eigenvalue weighted by atomic mass is 16.2. The molecule has 2 aromatic heterocycles. The lowest BCUT2D eigenvalue weighted by atomic mass is 10.4. The SMILES string of the molecule is Cc1c[nH]c(=O)[nH]c1=O.O=c1cc[nH]c(=O)[nH]1. The van der Waals surface area contributed by atoms with Crippen LogP contribution in [0.4, 0.5) is 0 Å². The van der Waals surface area contributed by atoms with Crippen LogP contribution in [0.25, 0.3) is 0 Å². The Kier molecular flexibility index (Phi) is 3.98. The Labute approximate surface area is 93.4 Å². The van der Waals surface area contributed by atoms with Crippen molar-refractivity contribution in [3.05, 3.63) is 65.7 Å². The van der Waals surface area contributed by atoms with Gasteiger partial charge in [-0.3, -0.25) is 19.6 Å². The van der Waals surface area contributed by atoms with E-state index in [1.54, 1.807) is 6.92 Å². The molecule has 0 aliphatic rings. The van der Waals surface area contributed by atoms with Crippen molar-refractivity contribution in [1.29, 1.82) is 0 Å². The molecule has 0 amide bonds. The summed E-state index contributed by atoms with van der Waals surface area (Å²) >= 11 is 0. The fourth-order valence-corrected chi connectivity index (χ4v) is 0.860. The van der Waals surface area contributed by atoms with Gasteiger partial charge in [-0.05, 0) is 6.92 Å². The highest BCUT2D eigenvalue weighted by Gasteiger charge is 1.88. The fraction of sp³-hybridized carbons (Fsp3) is 0.111. The number of rotatable bonds is 0. The molecular formula is C9H10N4O4. The van der Waals surface area contributed by atoms with Gasteiger partial charge in [0.25, 0.3) is 11.1 Å². The summed E-state index contributed by atoms with van der Waals surface area (Å²) < 4.78 is 0. The zero-order chi connectivity index (χ0) is 12.8. The van der Waals surface area contributed by atoms with Gasteiger partial charge in [-0.1, -0.05) is 0 Å².